The molecular formula is C27H28N4O5S. The van der Waals surface area contributed by atoms with Gasteiger partial charge in [0.05, 0.1) is 59.3 Å². The molecule has 1 atom stereocenters. The highest BCUT2D eigenvalue weighted by Crippen LogP contribution is 2.34. The molecule has 10 heteroatoms. The van der Waals surface area contributed by atoms with Gasteiger partial charge < -0.3 is 14.8 Å². The third-order valence-electron chi connectivity index (χ3n) is 6.44. The largest absolute Gasteiger partial charge is 0.497 e. The smallest absolute Gasteiger partial charge is 0.256 e. The number of carbonyl (C=O) groups excluding carboxylic acids is 1. The van der Waals surface area contributed by atoms with E-state index in [1.165, 1.54) is 0 Å². The quantitative estimate of drug-likeness (QED) is 0.384. The lowest BCUT2D eigenvalue weighted by Crippen LogP contribution is -2.15. The number of amides is 1. The van der Waals surface area contributed by atoms with Gasteiger partial charge in [-0.1, -0.05) is 24.3 Å². The molecule has 0 aliphatic carbocycles. The van der Waals surface area contributed by atoms with Crippen LogP contribution >= 0.6 is 0 Å². The number of pyridine rings is 1. The van der Waals surface area contributed by atoms with Gasteiger partial charge in [0.25, 0.3) is 5.91 Å². The van der Waals surface area contributed by atoms with E-state index in [0.717, 1.165) is 5.56 Å². The van der Waals surface area contributed by atoms with Crippen LogP contribution in [0, 0.1) is 6.92 Å². The number of anilines is 1. The summed E-state index contributed by atoms with van der Waals surface area (Å²) < 4.78 is 37.2. The summed E-state index contributed by atoms with van der Waals surface area (Å²) in [6, 6.07) is 16.1. The second-order valence-electron chi connectivity index (χ2n) is 8.96. The summed E-state index contributed by atoms with van der Waals surface area (Å²) in [5.74, 6) is 0.987. The van der Waals surface area contributed by atoms with Gasteiger partial charge in [-0.25, -0.2) is 18.1 Å². The molecule has 192 valence electrons. The van der Waals surface area contributed by atoms with Crippen LogP contribution in [-0.4, -0.2) is 54.3 Å². The summed E-state index contributed by atoms with van der Waals surface area (Å²) in [7, 11) is -1.56. The lowest BCUT2D eigenvalue weighted by molar-refractivity contribution is 0.102. The number of aryl methyl sites for hydroxylation is 1. The van der Waals surface area contributed by atoms with Crippen LogP contribution in [0.25, 0.3) is 22.3 Å². The van der Waals surface area contributed by atoms with Crippen LogP contribution in [-0.2, 0) is 9.84 Å². The van der Waals surface area contributed by atoms with E-state index < -0.39 is 9.84 Å². The van der Waals surface area contributed by atoms with Gasteiger partial charge in [0.2, 0.25) is 0 Å². The molecule has 2 aromatic carbocycles. The first kappa shape index (κ1) is 24.8. The van der Waals surface area contributed by atoms with Gasteiger partial charge in [-0.2, -0.15) is 5.10 Å². The van der Waals surface area contributed by atoms with Crippen LogP contribution in [0.2, 0.25) is 0 Å². The molecule has 2 aromatic heterocycles. The average Bonchev–Trinajstić information content (AvgIpc) is 3.43. The maximum Gasteiger partial charge on any atom is 0.256 e. The van der Waals surface area contributed by atoms with Crippen molar-refractivity contribution in [3.8, 4) is 22.8 Å². The van der Waals surface area contributed by atoms with Crippen molar-refractivity contribution >= 4 is 32.5 Å². The highest BCUT2D eigenvalue weighted by Gasteiger charge is 2.32. The molecule has 5 rings (SSSR count). The van der Waals surface area contributed by atoms with Crippen LogP contribution in [0.5, 0.6) is 11.5 Å². The summed E-state index contributed by atoms with van der Waals surface area (Å²) in [6.07, 6.45) is 0.451. The first-order chi connectivity index (χ1) is 17.8. The van der Waals surface area contributed by atoms with E-state index in [9.17, 15) is 13.2 Å². The Bertz CT molecular complexity index is 1600. The third-order valence-corrected chi connectivity index (χ3v) is 8.19. The molecule has 1 aliphatic heterocycles. The van der Waals surface area contributed by atoms with Gasteiger partial charge in [0.15, 0.2) is 15.5 Å². The van der Waals surface area contributed by atoms with E-state index in [0.29, 0.717) is 58.2 Å². The number of hydrogen-bond donors (Lipinski definition) is 1. The zero-order valence-electron chi connectivity index (χ0n) is 20.9. The monoisotopic (exact) mass is 520 g/mol. The fraction of sp³-hybridized carbons (Fsp3) is 0.296. The Hall–Kier alpha value is -3.92. The molecule has 1 aliphatic rings. The number of sulfone groups is 1. The minimum Gasteiger partial charge on any atom is -0.497 e. The van der Waals surface area contributed by atoms with Crippen LogP contribution in [0.3, 0.4) is 0 Å². The van der Waals surface area contributed by atoms with E-state index in [-0.39, 0.29) is 23.5 Å². The van der Waals surface area contributed by atoms with Crippen molar-refractivity contribution < 1.29 is 22.7 Å². The van der Waals surface area contributed by atoms with Crippen LogP contribution < -0.4 is 14.8 Å². The number of rotatable bonds is 7. The summed E-state index contributed by atoms with van der Waals surface area (Å²) >= 11 is 0. The zero-order valence-corrected chi connectivity index (χ0v) is 21.7. The summed E-state index contributed by atoms with van der Waals surface area (Å²) in [4.78, 5) is 18.6. The minimum atomic E-state index is -3.15. The fourth-order valence-corrected chi connectivity index (χ4v) is 6.38. The van der Waals surface area contributed by atoms with Gasteiger partial charge in [-0.15, -0.1) is 0 Å². The van der Waals surface area contributed by atoms with E-state index in [1.807, 2.05) is 43.3 Å². The van der Waals surface area contributed by atoms with Crippen molar-refractivity contribution in [2.75, 3.05) is 30.5 Å². The SMILES string of the molecule is CCOc1ccccc1NC(=O)c1cc(-c2cccc(OC)c2)nc2c1c(C)nn2C1CCS(=O)(=O)C1. The standard InChI is InChI=1S/C27H28N4O5S/c1-4-36-24-11-6-5-10-22(24)29-27(32)21-15-23(18-8-7-9-20(14-18)35-3)28-26-25(21)17(2)30-31(26)19-12-13-37(33,34)16-19/h5-11,14-15,19H,4,12-13,16H2,1-3H3,(H,29,32). The molecule has 0 spiro atoms. The summed E-state index contributed by atoms with van der Waals surface area (Å²) in [6.45, 7) is 4.15. The van der Waals surface area contributed by atoms with Gasteiger partial charge in [0, 0.05) is 5.56 Å². The Kier molecular flexibility index (Phi) is 6.59. The van der Waals surface area contributed by atoms with Crippen LogP contribution in [0.1, 0.15) is 35.4 Å². The van der Waals surface area contributed by atoms with Crippen molar-refractivity contribution in [2.24, 2.45) is 0 Å². The Morgan fingerprint density at radius 1 is 1.16 bits per heavy atom. The molecule has 1 N–H and O–H groups in total. The van der Waals surface area contributed by atoms with E-state index in [4.69, 9.17) is 14.5 Å². The topological polar surface area (TPSA) is 112 Å². The molecule has 1 fully saturated rings. The Labute approximate surface area is 215 Å². The molecule has 0 radical (unpaired) electrons. The number of para-hydroxylation sites is 2. The summed E-state index contributed by atoms with van der Waals surface area (Å²) in [5, 5.41) is 8.22. The number of nitrogens with one attached hydrogen (secondary N) is 1. The fourth-order valence-electron chi connectivity index (χ4n) is 4.69. The molecular weight excluding hydrogens is 492 g/mol. The summed E-state index contributed by atoms with van der Waals surface area (Å²) in [5.41, 5.74) is 3.33. The van der Waals surface area contributed by atoms with Crippen molar-refractivity contribution in [3.05, 3.63) is 65.9 Å². The van der Waals surface area contributed by atoms with Gasteiger partial charge >= 0.3 is 0 Å². The van der Waals surface area contributed by atoms with E-state index in [1.54, 1.807) is 36.9 Å². The lowest BCUT2D eigenvalue weighted by Gasteiger charge is -2.14. The van der Waals surface area contributed by atoms with Crippen LogP contribution in [0.15, 0.2) is 54.6 Å². The molecule has 9 nitrogen and oxygen atoms in total. The molecule has 1 unspecified atom stereocenters. The number of carbonyl (C=O) groups is 1. The number of aromatic nitrogens is 3. The second kappa shape index (κ2) is 9.85. The van der Waals surface area contributed by atoms with E-state index in [2.05, 4.69) is 10.4 Å². The molecule has 1 amide bonds. The minimum absolute atomic E-state index is 0.00243. The Morgan fingerprint density at radius 3 is 2.70 bits per heavy atom. The lowest BCUT2D eigenvalue weighted by atomic mass is 10.0. The predicted molar refractivity (Wildman–Crippen MR) is 142 cm³/mol. The maximum absolute atomic E-state index is 13.7. The molecule has 1 saturated heterocycles. The van der Waals surface area contributed by atoms with Crippen molar-refractivity contribution in [2.45, 2.75) is 26.3 Å². The van der Waals surface area contributed by atoms with Crippen molar-refractivity contribution in [3.63, 3.8) is 0 Å². The predicted octanol–water partition coefficient (Wildman–Crippen LogP) is 4.43. The Morgan fingerprint density at radius 2 is 1.97 bits per heavy atom. The zero-order chi connectivity index (χ0) is 26.2. The third kappa shape index (κ3) is 4.89. The number of ether oxygens (including phenoxy) is 2. The molecule has 3 heterocycles. The first-order valence-electron chi connectivity index (χ1n) is 12.1. The second-order valence-corrected chi connectivity index (χ2v) is 11.2. The average molecular weight is 521 g/mol. The van der Waals surface area contributed by atoms with Gasteiger partial charge in [-0.05, 0) is 50.6 Å². The molecule has 0 saturated carbocycles. The van der Waals surface area contributed by atoms with E-state index >= 15 is 0 Å². The maximum atomic E-state index is 13.7. The first-order valence-corrected chi connectivity index (χ1v) is 13.9. The van der Waals surface area contributed by atoms with Gasteiger partial charge in [0.1, 0.15) is 11.5 Å². The molecule has 4 aromatic rings. The highest BCUT2D eigenvalue weighted by atomic mass is 32.2. The normalized spacial score (nSPS) is 16.6. The molecule has 37 heavy (non-hydrogen) atoms. The number of fused-ring (bicyclic) bond motifs is 1. The van der Waals surface area contributed by atoms with Crippen molar-refractivity contribution in [1.82, 2.24) is 14.8 Å². The van der Waals surface area contributed by atoms with Crippen molar-refractivity contribution in [1.29, 1.82) is 0 Å². The highest BCUT2D eigenvalue weighted by molar-refractivity contribution is 7.91. The number of methoxy groups -OCH3 is 1. The number of nitrogens with zero attached hydrogens (tertiary/aromatic N) is 3. The Balaban J connectivity index is 1.67. The van der Waals surface area contributed by atoms with Crippen LogP contribution in [0.4, 0.5) is 5.69 Å². The molecule has 0 bridgehead atoms. The van der Waals surface area contributed by atoms with Gasteiger partial charge in [-0.3, -0.25) is 4.79 Å². The number of benzene rings is 2. The number of hydrogen-bond acceptors (Lipinski definition) is 7.